The van der Waals surface area contributed by atoms with Crippen molar-refractivity contribution in [3.63, 3.8) is 0 Å². The Hall–Kier alpha value is -0.280. The Morgan fingerprint density at radius 1 is 1.50 bits per heavy atom. The molecule has 0 spiro atoms. The molecular weight excluding hydrogens is 289 g/mol. The van der Waals surface area contributed by atoms with E-state index in [0.29, 0.717) is 10.9 Å². The predicted octanol–water partition coefficient (Wildman–Crippen LogP) is 4.46. The molecule has 1 aliphatic carbocycles. The van der Waals surface area contributed by atoms with E-state index in [1.54, 1.807) is 6.20 Å². The summed E-state index contributed by atoms with van der Waals surface area (Å²) in [6, 6.07) is 1.82. The van der Waals surface area contributed by atoms with Crippen LogP contribution >= 0.6 is 27.5 Å². The molecule has 1 fully saturated rings. The van der Waals surface area contributed by atoms with Crippen LogP contribution in [0.25, 0.3) is 0 Å². The molecular formula is C12H15BrClNO. The molecule has 0 amide bonds. The Morgan fingerprint density at radius 3 is 3.00 bits per heavy atom. The van der Waals surface area contributed by atoms with E-state index in [0.717, 1.165) is 23.2 Å². The van der Waals surface area contributed by atoms with Crippen LogP contribution in [0.1, 0.15) is 32.6 Å². The third-order valence-electron chi connectivity index (χ3n) is 2.94. The zero-order chi connectivity index (χ0) is 11.5. The van der Waals surface area contributed by atoms with Gasteiger partial charge in [0.25, 0.3) is 0 Å². The summed E-state index contributed by atoms with van der Waals surface area (Å²) < 4.78 is 6.72. The van der Waals surface area contributed by atoms with Gasteiger partial charge in [-0.05, 0) is 47.2 Å². The van der Waals surface area contributed by atoms with Crippen molar-refractivity contribution in [1.29, 1.82) is 0 Å². The lowest BCUT2D eigenvalue weighted by Gasteiger charge is -2.27. The average Bonchev–Trinajstić information content (AvgIpc) is 2.22. The lowest BCUT2D eigenvalue weighted by atomic mass is 9.89. The van der Waals surface area contributed by atoms with Gasteiger partial charge in [0.05, 0.1) is 0 Å². The van der Waals surface area contributed by atoms with E-state index in [2.05, 4.69) is 27.8 Å². The van der Waals surface area contributed by atoms with Crippen LogP contribution in [0.5, 0.6) is 5.88 Å². The van der Waals surface area contributed by atoms with Crippen LogP contribution in [-0.4, -0.2) is 11.1 Å². The van der Waals surface area contributed by atoms with Gasteiger partial charge in [0.1, 0.15) is 11.1 Å². The number of nitrogens with zero attached hydrogens (tertiary/aromatic N) is 1. The Balaban J connectivity index is 2.02. The van der Waals surface area contributed by atoms with Gasteiger partial charge in [0.2, 0.25) is 5.88 Å². The standard InChI is InChI=1S/C12H15BrClNO/c1-8-3-2-4-10(5-8)16-12-11(14)6-9(13)7-15-12/h6-8,10H,2-5H2,1H3. The molecule has 0 N–H and O–H groups in total. The zero-order valence-electron chi connectivity index (χ0n) is 9.25. The maximum Gasteiger partial charge on any atom is 0.232 e. The van der Waals surface area contributed by atoms with Crippen LogP contribution < -0.4 is 4.74 Å². The highest BCUT2D eigenvalue weighted by Crippen LogP contribution is 2.30. The molecule has 88 valence electrons. The smallest absolute Gasteiger partial charge is 0.232 e. The van der Waals surface area contributed by atoms with Gasteiger partial charge in [0.15, 0.2) is 0 Å². The molecule has 16 heavy (non-hydrogen) atoms. The number of hydrogen-bond acceptors (Lipinski definition) is 2. The molecule has 1 aromatic heterocycles. The van der Waals surface area contributed by atoms with Crippen LogP contribution in [0.3, 0.4) is 0 Å². The Kier molecular flexibility index (Phi) is 4.09. The Bertz CT molecular complexity index is 372. The molecule has 0 radical (unpaired) electrons. The molecule has 0 aromatic carbocycles. The summed E-state index contributed by atoms with van der Waals surface area (Å²) in [5.74, 6) is 1.30. The van der Waals surface area contributed by atoms with Crippen molar-refractivity contribution >= 4 is 27.5 Å². The first-order valence-corrected chi connectivity index (χ1v) is 6.80. The average molecular weight is 305 g/mol. The van der Waals surface area contributed by atoms with Crippen molar-refractivity contribution in [3.05, 3.63) is 21.8 Å². The maximum absolute atomic E-state index is 6.07. The van der Waals surface area contributed by atoms with E-state index in [9.17, 15) is 0 Å². The molecule has 0 bridgehead atoms. The molecule has 2 rings (SSSR count). The predicted molar refractivity (Wildman–Crippen MR) is 69.0 cm³/mol. The van der Waals surface area contributed by atoms with E-state index in [1.165, 1.54) is 12.8 Å². The van der Waals surface area contributed by atoms with E-state index in [4.69, 9.17) is 16.3 Å². The highest BCUT2D eigenvalue weighted by atomic mass is 79.9. The summed E-state index contributed by atoms with van der Waals surface area (Å²) in [5.41, 5.74) is 0. The molecule has 2 unspecified atom stereocenters. The second-order valence-corrected chi connectivity index (χ2v) is 5.78. The second kappa shape index (κ2) is 5.37. The summed E-state index contributed by atoms with van der Waals surface area (Å²) in [4.78, 5) is 4.20. The fraction of sp³-hybridized carbons (Fsp3) is 0.583. The quantitative estimate of drug-likeness (QED) is 0.805. The van der Waals surface area contributed by atoms with Gasteiger partial charge < -0.3 is 4.74 Å². The number of hydrogen-bond donors (Lipinski definition) is 0. The van der Waals surface area contributed by atoms with E-state index in [1.807, 2.05) is 6.07 Å². The third-order valence-corrected chi connectivity index (χ3v) is 3.65. The van der Waals surface area contributed by atoms with Gasteiger partial charge in [-0.3, -0.25) is 0 Å². The van der Waals surface area contributed by atoms with Crippen molar-refractivity contribution < 1.29 is 4.74 Å². The number of aromatic nitrogens is 1. The molecule has 2 atom stereocenters. The second-order valence-electron chi connectivity index (χ2n) is 4.45. The molecule has 0 aliphatic heterocycles. The number of pyridine rings is 1. The minimum Gasteiger partial charge on any atom is -0.473 e. The minimum atomic E-state index is 0.273. The fourth-order valence-electron chi connectivity index (χ4n) is 2.13. The van der Waals surface area contributed by atoms with Gasteiger partial charge in [-0.25, -0.2) is 4.98 Å². The fourth-order valence-corrected chi connectivity index (χ4v) is 2.81. The molecule has 1 aromatic rings. The largest absolute Gasteiger partial charge is 0.473 e. The number of halogens is 2. The summed E-state index contributed by atoms with van der Waals surface area (Å²) in [6.45, 7) is 2.27. The maximum atomic E-state index is 6.07. The highest BCUT2D eigenvalue weighted by Gasteiger charge is 2.21. The summed E-state index contributed by atoms with van der Waals surface area (Å²) >= 11 is 9.40. The Labute approximate surface area is 109 Å². The third kappa shape index (κ3) is 3.11. The van der Waals surface area contributed by atoms with Crippen LogP contribution in [0.4, 0.5) is 0 Å². The van der Waals surface area contributed by atoms with Crippen molar-refractivity contribution in [2.75, 3.05) is 0 Å². The van der Waals surface area contributed by atoms with Gasteiger partial charge in [0, 0.05) is 10.7 Å². The highest BCUT2D eigenvalue weighted by molar-refractivity contribution is 9.10. The van der Waals surface area contributed by atoms with Gasteiger partial charge in [-0.15, -0.1) is 0 Å². The lowest BCUT2D eigenvalue weighted by Crippen LogP contribution is -2.24. The lowest BCUT2D eigenvalue weighted by molar-refractivity contribution is 0.124. The summed E-state index contributed by atoms with van der Waals surface area (Å²) in [6.07, 6.45) is 6.75. The van der Waals surface area contributed by atoms with Gasteiger partial charge in [-0.2, -0.15) is 0 Å². The first-order valence-electron chi connectivity index (χ1n) is 5.63. The molecule has 4 heteroatoms. The van der Waals surface area contributed by atoms with Crippen molar-refractivity contribution in [1.82, 2.24) is 4.98 Å². The zero-order valence-corrected chi connectivity index (χ0v) is 11.6. The molecule has 0 saturated heterocycles. The molecule has 2 nitrogen and oxygen atoms in total. The Morgan fingerprint density at radius 2 is 2.31 bits per heavy atom. The summed E-state index contributed by atoms with van der Waals surface area (Å²) in [5, 5.41) is 0.576. The number of ether oxygens (including phenoxy) is 1. The monoisotopic (exact) mass is 303 g/mol. The normalized spacial score (nSPS) is 25.4. The van der Waals surface area contributed by atoms with Crippen molar-refractivity contribution in [2.24, 2.45) is 5.92 Å². The van der Waals surface area contributed by atoms with Crippen LogP contribution in [0.2, 0.25) is 5.02 Å². The van der Waals surface area contributed by atoms with Gasteiger partial charge >= 0.3 is 0 Å². The first-order chi connectivity index (χ1) is 7.65. The van der Waals surface area contributed by atoms with E-state index >= 15 is 0 Å². The van der Waals surface area contributed by atoms with Crippen LogP contribution in [0, 0.1) is 5.92 Å². The minimum absolute atomic E-state index is 0.273. The van der Waals surface area contributed by atoms with Gasteiger partial charge in [-0.1, -0.05) is 24.9 Å². The number of rotatable bonds is 2. The van der Waals surface area contributed by atoms with Crippen molar-refractivity contribution in [3.8, 4) is 5.88 Å². The van der Waals surface area contributed by atoms with Crippen molar-refractivity contribution in [2.45, 2.75) is 38.7 Å². The molecule has 1 heterocycles. The van der Waals surface area contributed by atoms with Crippen LogP contribution in [-0.2, 0) is 0 Å². The van der Waals surface area contributed by atoms with E-state index in [-0.39, 0.29) is 6.10 Å². The van der Waals surface area contributed by atoms with E-state index < -0.39 is 0 Å². The first kappa shape index (κ1) is 12.2. The van der Waals surface area contributed by atoms with Crippen LogP contribution in [0.15, 0.2) is 16.7 Å². The molecule has 1 saturated carbocycles. The SMILES string of the molecule is CC1CCCC(Oc2ncc(Br)cc2Cl)C1. The molecule has 1 aliphatic rings. The topological polar surface area (TPSA) is 22.1 Å². The summed E-state index contributed by atoms with van der Waals surface area (Å²) in [7, 11) is 0.